The van der Waals surface area contributed by atoms with E-state index in [-0.39, 0.29) is 0 Å². The Hall–Kier alpha value is -1.10. The molecule has 2 nitrogen and oxygen atoms in total. The molecule has 3 aromatic rings. The van der Waals surface area contributed by atoms with Crippen LogP contribution in [0.3, 0.4) is 0 Å². The van der Waals surface area contributed by atoms with Crippen molar-refractivity contribution in [2.24, 2.45) is 0 Å². The van der Waals surface area contributed by atoms with Crippen LogP contribution in [0.1, 0.15) is 11.4 Å². The van der Waals surface area contributed by atoms with Gasteiger partial charge in [-0.05, 0) is 19.4 Å². The van der Waals surface area contributed by atoms with Gasteiger partial charge in [0.1, 0.15) is 11.0 Å². The Morgan fingerprint density at radius 3 is 2.95 bits per heavy atom. The first-order chi connectivity index (χ1) is 9.74. The Kier molecular flexibility index (Phi) is 2.98. The van der Waals surface area contributed by atoms with Crippen LogP contribution in [-0.4, -0.2) is 15.7 Å². The number of aryl methyl sites for hydroxylation is 1. The van der Waals surface area contributed by atoms with Crippen molar-refractivity contribution < 1.29 is 0 Å². The SMILES string of the molecule is Cc1nc(Cl)c2c(n1)-c1sc3ccccc3c1SCC2. The monoisotopic (exact) mass is 318 g/mol. The molecule has 1 aliphatic heterocycles. The summed E-state index contributed by atoms with van der Waals surface area (Å²) in [6.45, 7) is 1.90. The molecule has 0 saturated carbocycles. The topological polar surface area (TPSA) is 25.8 Å². The van der Waals surface area contributed by atoms with Gasteiger partial charge in [-0.1, -0.05) is 29.8 Å². The van der Waals surface area contributed by atoms with Crippen LogP contribution in [0.15, 0.2) is 29.2 Å². The predicted octanol–water partition coefficient (Wildman–Crippen LogP) is 4.97. The lowest BCUT2D eigenvalue weighted by Crippen LogP contribution is -1.99. The first kappa shape index (κ1) is 12.6. The molecule has 0 atom stereocenters. The zero-order valence-corrected chi connectivity index (χ0v) is 13.2. The van der Waals surface area contributed by atoms with Gasteiger partial charge in [0.05, 0.1) is 10.6 Å². The third-order valence-corrected chi connectivity index (χ3v) is 6.17. The first-order valence-electron chi connectivity index (χ1n) is 6.42. The number of fused-ring (bicyclic) bond motifs is 5. The lowest BCUT2D eigenvalue weighted by Gasteiger charge is -2.07. The normalized spacial score (nSPS) is 13.9. The maximum Gasteiger partial charge on any atom is 0.136 e. The number of benzene rings is 1. The van der Waals surface area contributed by atoms with Crippen LogP contribution >= 0.6 is 34.7 Å². The summed E-state index contributed by atoms with van der Waals surface area (Å²) in [7, 11) is 0. The number of hydrogen-bond acceptors (Lipinski definition) is 4. The van der Waals surface area contributed by atoms with Crippen LogP contribution in [0.5, 0.6) is 0 Å². The molecule has 0 spiro atoms. The molecule has 0 N–H and O–H groups in total. The third-order valence-electron chi connectivity index (χ3n) is 3.43. The molecule has 0 bridgehead atoms. The van der Waals surface area contributed by atoms with Crippen molar-refractivity contribution in [1.82, 2.24) is 9.97 Å². The highest BCUT2D eigenvalue weighted by atomic mass is 35.5. The second-order valence-corrected chi connectivity index (χ2v) is 7.26. The van der Waals surface area contributed by atoms with Gasteiger partial charge in [-0.15, -0.1) is 23.1 Å². The van der Waals surface area contributed by atoms with E-state index in [0.29, 0.717) is 5.15 Å². The van der Waals surface area contributed by atoms with Gasteiger partial charge in [0.2, 0.25) is 0 Å². The van der Waals surface area contributed by atoms with Gasteiger partial charge in [0, 0.05) is 26.3 Å². The lowest BCUT2D eigenvalue weighted by atomic mass is 10.1. The maximum absolute atomic E-state index is 6.33. The van der Waals surface area contributed by atoms with E-state index in [1.165, 1.54) is 19.9 Å². The molecule has 100 valence electrons. The lowest BCUT2D eigenvalue weighted by molar-refractivity contribution is 1.01. The van der Waals surface area contributed by atoms with Crippen molar-refractivity contribution in [2.45, 2.75) is 18.2 Å². The zero-order chi connectivity index (χ0) is 13.7. The Bertz CT molecular complexity index is 826. The van der Waals surface area contributed by atoms with Crippen molar-refractivity contribution in [1.29, 1.82) is 0 Å². The van der Waals surface area contributed by atoms with E-state index >= 15 is 0 Å². The second kappa shape index (κ2) is 4.72. The van der Waals surface area contributed by atoms with E-state index in [4.69, 9.17) is 11.6 Å². The van der Waals surface area contributed by atoms with Gasteiger partial charge < -0.3 is 0 Å². The summed E-state index contributed by atoms with van der Waals surface area (Å²) >= 11 is 10.0. The van der Waals surface area contributed by atoms with E-state index in [1.54, 1.807) is 11.3 Å². The van der Waals surface area contributed by atoms with E-state index < -0.39 is 0 Å². The minimum Gasteiger partial charge on any atom is -0.232 e. The molecule has 0 radical (unpaired) electrons. The fourth-order valence-electron chi connectivity index (χ4n) is 2.55. The van der Waals surface area contributed by atoms with Gasteiger partial charge in [0.25, 0.3) is 0 Å². The van der Waals surface area contributed by atoms with E-state index in [9.17, 15) is 0 Å². The second-order valence-electron chi connectivity index (χ2n) is 4.74. The van der Waals surface area contributed by atoms with Gasteiger partial charge in [-0.3, -0.25) is 0 Å². The Balaban J connectivity index is 2.09. The minimum atomic E-state index is 0.610. The number of halogens is 1. The summed E-state index contributed by atoms with van der Waals surface area (Å²) in [6, 6.07) is 8.55. The smallest absolute Gasteiger partial charge is 0.136 e. The van der Waals surface area contributed by atoms with Crippen molar-refractivity contribution in [3.05, 3.63) is 40.8 Å². The highest BCUT2D eigenvalue weighted by Gasteiger charge is 2.23. The summed E-state index contributed by atoms with van der Waals surface area (Å²) in [5.74, 6) is 1.76. The summed E-state index contributed by atoms with van der Waals surface area (Å²) < 4.78 is 1.31. The summed E-state index contributed by atoms with van der Waals surface area (Å²) in [5.41, 5.74) is 2.12. The maximum atomic E-state index is 6.33. The zero-order valence-electron chi connectivity index (χ0n) is 10.8. The molecule has 4 rings (SSSR count). The van der Waals surface area contributed by atoms with Crippen LogP contribution in [0.4, 0.5) is 0 Å². The van der Waals surface area contributed by atoms with Gasteiger partial charge >= 0.3 is 0 Å². The summed E-state index contributed by atoms with van der Waals surface area (Å²) in [5, 5.41) is 1.94. The van der Waals surface area contributed by atoms with Gasteiger partial charge in [-0.25, -0.2) is 9.97 Å². The number of thioether (sulfide) groups is 1. The van der Waals surface area contributed by atoms with Gasteiger partial charge in [-0.2, -0.15) is 0 Å². The van der Waals surface area contributed by atoms with E-state index in [2.05, 4.69) is 34.2 Å². The van der Waals surface area contributed by atoms with Crippen molar-refractivity contribution in [3.63, 3.8) is 0 Å². The summed E-state index contributed by atoms with van der Waals surface area (Å²) in [6.07, 6.45) is 0.925. The number of nitrogens with zero attached hydrogens (tertiary/aromatic N) is 2. The number of aromatic nitrogens is 2. The molecule has 1 aromatic carbocycles. The van der Waals surface area contributed by atoms with Crippen LogP contribution in [-0.2, 0) is 6.42 Å². The molecule has 0 amide bonds. The molecule has 20 heavy (non-hydrogen) atoms. The molecule has 1 aliphatic rings. The van der Waals surface area contributed by atoms with Crippen LogP contribution in [0.25, 0.3) is 20.7 Å². The molecular formula is C15H11ClN2S2. The Morgan fingerprint density at radius 2 is 2.05 bits per heavy atom. The number of hydrogen-bond donors (Lipinski definition) is 0. The number of rotatable bonds is 0. The highest BCUT2D eigenvalue weighted by Crippen LogP contribution is 2.47. The fraction of sp³-hybridized carbons (Fsp3) is 0.200. The largest absolute Gasteiger partial charge is 0.232 e. The van der Waals surface area contributed by atoms with Gasteiger partial charge in [0.15, 0.2) is 0 Å². The summed E-state index contributed by atoms with van der Waals surface area (Å²) in [4.78, 5) is 11.6. The molecular weight excluding hydrogens is 308 g/mol. The Morgan fingerprint density at radius 1 is 1.20 bits per heavy atom. The fourth-order valence-corrected chi connectivity index (χ4v) is 5.41. The van der Waals surface area contributed by atoms with E-state index in [1.807, 2.05) is 18.7 Å². The first-order valence-corrected chi connectivity index (χ1v) is 8.60. The molecule has 3 heterocycles. The third kappa shape index (κ3) is 1.86. The van der Waals surface area contributed by atoms with Crippen molar-refractivity contribution >= 4 is 44.8 Å². The molecule has 5 heteroatoms. The van der Waals surface area contributed by atoms with Crippen LogP contribution < -0.4 is 0 Å². The van der Waals surface area contributed by atoms with Crippen LogP contribution in [0.2, 0.25) is 5.15 Å². The minimum absolute atomic E-state index is 0.610. The van der Waals surface area contributed by atoms with Crippen LogP contribution in [0, 0.1) is 6.92 Å². The standard InChI is InChI=1S/C15H11ClN2S2/c1-8-17-12-10(15(16)18-8)6-7-19-13-9-4-2-3-5-11(9)20-14(12)13/h2-5H,6-7H2,1H3. The average molecular weight is 319 g/mol. The molecule has 0 saturated heterocycles. The quantitative estimate of drug-likeness (QED) is 0.547. The molecule has 2 aromatic heterocycles. The van der Waals surface area contributed by atoms with Crippen molar-refractivity contribution in [2.75, 3.05) is 5.75 Å². The molecule has 0 aliphatic carbocycles. The highest BCUT2D eigenvalue weighted by molar-refractivity contribution is 7.99. The van der Waals surface area contributed by atoms with Crippen molar-refractivity contribution in [3.8, 4) is 10.6 Å². The molecule has 0 fully saturated rings. The average Bonchev–Trinajstić information content (AvgIpc) is 2.70. The predicted molar refractivity (Wildman–Crippen MR) is 87.0 cm³/mol. The number of thiophene rings is 1. The molecule has 0 unspecified atom stereocenters. The van der Waals surface area contributed by atoms with E-state index in [0.717, 1.165) is 29.3 Å². The Labute approximate surface area is 130 Å².